The molecule has 1 N–H and O–H groups in total. The molecule has 0 spiro atoms. The fourth-order valence-corrected chi connectivity index (χ4v) is 3.92. The summed E-state index contributed by atoms with van der Waals surface area (Å²) in [6.45, 7) is 1.16. The number of rotatable bonds is 3. The predicted molar refractivity (Wildman–Crippen MR) is 111 cm³/mol. The third-order valence-corrected chi connectivity index (χ3v) is 5.75. The molecule has 0 unspecified atom stereocenters. The molecule has 2 aromatic carbocycles. The number of carbonyl (C=O) groups is 1. The van der Waals surface area contributed by atoms with Gasteiger partial charge in [0.15, 0.2) is 0 Å². The summed E-state index contributed by atoms with van der Waals surface area (Å²) in [6.07, 6.45) is -3.49. The number of fused-ring (bicyclic) bond motifs is 1. The van der Waals surface area contributed by atoms with Crippen molar-refractivity contribution in [3.8, 4) is 5.75 Å². The second-order valence-electron chi connectivity index (χ2n) is 7.71. The van der Waals surface area contributed by atoms with E-state index in [4.69, 9.17) is 4.74 Å². The zero-order valence-electron chi connectivity index (χ0n) is 16.7. The number of carbonyl (C=O) groups excluding carboxylic acids is 1. The molecule has 4 rings (SSSR count). The molecule has 30 heavy (non-hydrogen) atoms. The van der Waals surface area contributed by atoms with Crippen molar-refractivity contribution in [2.24, 2.45) is 5.92 Å². The molecule has 5 nitrogen and oxygen atoms in total. The van der Waals surface area contributed by atoms with Crippen molar-refractivity contribution in [1.29, 1.82) is 0 Å². The maximum absolute atomic E-state index is 12.8. The van der Waals surface area contributed by atoms with Gasteiger partial charge in [-0.05, 0) is 49.2 Å². The Bertz CT molecular complexity index is 907. The largest absolute Gasteiger partial charge is 0.491 e. The van der Waals surface area contributed by atoms with E-state index in [0.29, 0.717) is 31.9 Å². The van der Waals surface area contributed by atoms with Crippen molar-refractivity contribution in [3.05, 3.63) is 42.5 Å². The maximum Gasteiger partial charge on any atom is 0.391 e. The molecular weight excluding hydrogens is 395 g/mol. The topological polar surface area (TPSA) is 44.8 Å². The Morgan fingerprint density at radius 2 is 1.70 bits per heavy atom. The van der Waals surface area contributed by atoms with Gasteiger partial charge in [-0.3, -0.25) is 4.79 Å². The second kappa shape index (κ2) is 8.08. The van der Waals surface area contributed by atoms with Crippen LogP contribution in [0.2, 0.25) is 0 Å². The summed E-state index contributed by atoms with van der Waals surface area (Å²) in [5.41, 5.74) is 3.35. The zero-order chi connectivity index (χ0) is 21.3. The minimum absolute atomic E-state index is 0.0179. The molecular formula is C22H24F3N3O2. The molecule has 0 atom stereocenters. The zero-order valence-corrected chi connectivity index (χ0v) is 16.7. The van der Waals surface area contributed by atoms with E-state index >= 15 is 0 Å². The van der Waals surface area contributed by atoms with Crippen LogP contribution in [0.25, 0.3) is 0 Å². The van der Waals surface area contributed by atoms with Crippen LogP contribution < -0.4 is 19.9 Å². The van der Waals surface area contributed by atoms with E-state index in [-0.39, 0.29) is 18.7 Å². The molecule has 1 saturated heterocycles. The van der Waals surface area contributed by atoms with E-state index in [1.165, 1.54) is 0 Å². The number of hydrogen-bond donors (Lipinski definition) is 1. The summed E-state index contributed by atoms with van der Waals surface area (Å²) in [7, 11) is 1.74. The van der Waals surface area contributed by atoms with Gasteiger partial charge in [0, 0.05) is 43.3 Å². The molecule has 1 fully saturated rings. The first kappa shape index (κ1) is 20.4. The molecule has 2 aliphatic heterocycles. The molecule has 0 radical (unpaired) electrons. The molecule has 0 aromatic heterocycles. The number of amides is 1. The number of benzene rings is 2. The number of halogens is 3. The molecule has 0 aliphatic carbocycles. The van der Waals surface area contributed by atoms with E-state index in [0.717, 1.165) is 22.7 Å². The molecule has 2 aliphatic rings. The highest BCUT2D eigenvalue weighted by molar-refractivity contribution is 5.95. The molecule has 0 bridgehead atoms. The van der Waals surface area contributed by atoms with Gasteiger partial charge in [-0.15, -0.1) is 0 Å². The summed E-state index contributed by atoms with van der Waals surface area (Å²) >= 11 is 0. The minimum Gasteiger partial charge on any atom is -0.491 e. The van der Waals surface area contributed by atoms with Gasteiger partial charge in [-0.1, -0.05) is 0 Å². The summed E-state index contributed by atoms with van der Waals surface area (Å²) in [5.74, 6) is -0.527. The van der Waals surface area contributed by atoms with Crippen molar-refractivity contribution < 1.29 is 22.7 Å². The summed E-state index contributed by atoms with van der Waals surface area (Å²) < 4.78 is 44.2. The van der Waals surface area contributed by atoms with Gasteiger partial charge < -0.3 is 19.9 Å². The maximum atomic E-state index is 12.8. The number of alkyl halides is 3. The highest BCUT2D eigenvalue weighted by Crippen LogP contribution is 2.36. The smallest absolute Gasteiger partial charge is 0.391 e. The van der Waals surface area contributed by atoms with Gasteiger partial charge in [0.1, 0.15) is 5.75 Å². The Hall–Kier alpha value is -2.90. The molecule has 2 aromatic rings. The summed E-state index contributed by atoms with van der Waals surface area (Å²) in [6, 6.07) is 13.2. The number of anilines is 4. The van der Waals surface area contributed by atoms with Crippen LogP contribution in [0, 0.1) is 5.92 Å². The lowest BCUT2D eigenvalue weighted by molar-refractivity contribution is -0.179. The lowest BCUT2D eigenvalue weighted by Gasteiger charge is -2.34. The summed E-state index contributed by atoms with van der Waals surface area (Å²) in [4.78, 5) is 15.5. The van der Waals surface area contributed by atoms with Gasteiger partial charge in [-0.25, -0.2) is 0 Å². The molecule has 0 saturated carbocycles. The SMILES string of the molecule is CN1C(=O)CCOc2cc(Nc3ccc(N4CCC(C(F)(F)F)CC4)cc3)ccc21. The Kier molecular flexibility index (Phi) is 5.49. The Morgan fingerprint density at radius 1 is 1.03 bits per heavy atom. The predicted octanol–water partition coefficient (Wildman–Crippen LogP) is 4.95. The molecule has 1 amide bonds. The standard InChI is InChI=1S/C22H24F3N3O2/c1-27-19-7-4-17(14-20(19)30-13-10-21(27)29)26-16-2-5-18(6-3-16)28-11-8-15(9-12-28)22(23,24)25/h2-7,14-15,26H,8-13H2,1H3. The number of ether oxygens (including phenoxy) is 1. The van der Waals surface area contributed by atoms with E-state index in [9.17, 15) is 18.0 Å². The average molecular weight is 419 g/mol. The minimum atomic E-state index is -4.10. The van der Waals surface area contributed by atoms with Gasteiger partial charge in [0.2, 0.25) is 5.91 Å². The Morgan fingerprint density at radius 3 is 2.37 bits per heavy atom. The number of nitrogens with one attached hydrogen (secondary N) is 1. The van der Waals surface area contributed by atoms with Crippen molar-refractivity contribution in [1.82, 2.24) is 0 Å². The van der Waals surface area contributed by atoms with Crippen LogP contribution >= 0.6 is 0 Å². The van der Waals surface area contributed by atoms with E-state index in [1.54, 1.807) is 11.9 Å². The quantitative estimate of drug-likeness (QED) is 0.764. The van der Waals surface area contributed by atoms with Crippen molar-refractivity contribution >= 4 is 28.7 Å². The number of nitrogens with zero attached hydrogens (tertiary/aromatic N) is 2. The first-order valence-corrected chi connectivity index (χ1v) is 10.0. The second-order valence-corrected chi connectivity index (χ2v) is 7.71. The van der Waals surface area contributed by atoms with Crippen molar-refractivity contribution in [3.63, 3.8) is 0 Å². The summed E-state index contributed by atoms with van der Waals surface area (Å²) in [5, 5.41) is 3.31. The van der Waals surface area contributed by atoms with Gasteiger partial charge in [0.05, 0.1) is 24.6 Å². The van der Waals surface area contributed by atoms with E-state index in [1.807, 2.05) is 47.4 Å². The highest BCUT2D eigenvalue weighted by Gasteiger charge is 2.41. The fraction of sp³-hybridized carbons (Fsp3) is 0.409. The highest BCUT2D eigenvalue weighted by atomic mass is 19.4. The van der Waals surface area contributed by atoms with Crippen LogP contribution in [0.15, 0.2) is 42.5 Å². The lowest BCUT2D eigenvalue weighted by Crippen LogP contribution is -2.38. The van der Waals surface area contributed by atoms with Gasteiger partial charge in [0.25, 0.3) is 0 Å². The Labute approximate surface area is 173 Å². The molecule has 2 heterocycles. The third kappa shape index (κ3) is 4.32. The van der Waals surface area contributed by atoms with Crippen molar-refractivity contribution in [2.45, 2.75) is 25.4 Å². The van der Waals surface area contributed by atoms with Crippen LogP contribution in [0.4, 0.5) is 35.9 Å². The fourth-order valence-electron chi connectivity index (χ4n) is 3.92. The monoisotopic (exact) mass is 419 g/mol. The normalized spacial score (nSPS) is 17.9. The first-order valence-electron chi connectivity index (χ1n) is 10.0. The first-order chi connectivity index (χ1) is 14.3. The van der Waals surface area contributed by atoms with E-state index in [2.05, 4.69) is 5.32 Å². The third-order valence-electron chi connectivity index (χ3n) is 5.75. The van der Waals surface area contributed by atoms with E-state index < -0.39 is 12.1 Å². The molecule has 8 heteroatoms. The number of piperidine rings is 1. The number of hydrogen-bond acceptors (Lipinski definition) is 4. The lowest BCUT2D eigenvalue weighted by atomic mass is 9.96. The van der Waals surface area contributed by atoms with Crippen LogP contribution in [0.5, 0.6) is 5.75 Å². The van der Waals surface area contributed by atoms with Crippen LogP contribution in [0.3, 0.4) is 0 Å². The van der Waals surface area contributed by atoms with Gasteiger partial charge >= 0.3 is 6.18 Å². The van der Waals surface area contributed by atoms with Crippen LogP contribution in [-0.4, -0.2) is 38.8 Å². The average Bonchev–Trinajstić information content (AvgIpc) is 2.86. The molecule has 160 valence electrons. The van der Waals surface area contributed by atoms with Gasteiger partial charge in [-0.2, -0.15) is 13.2 Å². The van der Waals surface area contributed by atoms with Crippen LogP contribution in [-0.2, 0) is 4.79 Å². The van der Waals surface area contributed by atoms with Crippen molar-refractivity contribution in [2.75, 3.05) is 41.9 Å². The van der Waals surface area contributed by atoms with Crippen LogP contribution in [0.1, 0.15) is 19.3 Å². The Balaban J connectivity index is 1.41.